The van der Waals surface area contributed by atoms with Crippen LogP contribution >= 0.6 is 0 Å². The van der Waals surface area contributed by atoms with Gasteiger partial charge in [0.25, 0.3) is 0 Å². The SMILES string of the molecule is CCCNC(=O)N(C)c1ccc(OC)c(OC)c1. The molecule has 0 saturated carbocycles. The van der Waals surface area contributed by atoms with Crippen LogP contribution in [0.25, 0.3) is 0 Å². The Labute approximate surface area is 108 Å². The minimum Gasteiger partial charge on any atom is -0.493 e. The van der Waals surface area contributed by atoms with Crippen molar-refractivity contribution in [3.05, 3.63) is 18.2 Å². The molecule has 100 valence electrons. The minimum absolute atomic E-state index is 0.135. The maximum Gasteiger partial charge on any atom is 0.321 e. The molecule has 0 spiro atoms. The normalized spacial score (nSPS) is 9.78. The van der Waals surface area contributed by atoms with Gasteiger partial charge in [-0.05, 0) is 18.6 Å². The van der Waals surface area contributed by atoms with E-state index in [9.17, 15) is 4.79 Å². The topological polar surface area (TPSA) is 50.8 Å². The molecule has 18 heavy (non-hydrogen) atoms. The lowest BCUT2D eigenvalue weighted by molar-refractivity contribution is 0.247. The third-order valence-corrected chi connectivity index (χ3v) is 2.59. The summed E-state index contributed by atoms with van der Waals surface area (Å²) in [4.78, 5) is 13.3. The Bertz CT molecular complexity index is 407. The molecule has 0 aliphatic rings. The zero-order valence-corrected chi connectivity index (χ0v) is 11.3. The second-order valence-corrected chi connectivity index (χ2v) is 3.83. The van der Waals surface area contributed by atoms with Gasteiger partial charge in [-0.1, -0.05) is 6.92 Å². The number of hydrogen-bond donors (Lipinski definition) is 1. The minimum atomic E-state index is -0.135. The molecule has 0 fully saturated rings. The summed E-state index contributed by atoms with van der Waals surface area (Å²) in [7, 11) is 4.86. The zero-order chi connectivity index (χ0) is 13.5. The summed E-state index contributed by atoms with van der Waals surface area (Å²) in [6, 6.07) is 5.22. The van der Waals surface area contributed by atoms with Gasteiger partial charge >= 0.3 is 6.03 Å². The highest BCUT2D eigenvalue weighted by Gasteiger charge is 2.12. The zero-order valence-electron chi connectivity index (χ0n) is 11.3. The number of methoxy groups -OCH3 is 2. The molecule has 0 radical (unpaired) electrons. The van der Waals surface area contributed by atoms with Crippen LogP contribution in [0.2, 0.25) is 0 Å². The number of nitrogens with one attached hydrogen (secondary N) is 1. The van der Waals surface area contributed by atoms with E-state index in [2.05, 4.69) is 5.32 Å². The highest BCUT2D eigenvalue weighted by molar-refractivity contribution is 5.91. The number of carbonyl (C=O) groups excluding carboxylic acids is 1. The molecule has 0 aliphatic carbocycles. The fraction of sp³-hybridized carbons (Fsp3) is 0.462. The van der Waals surface area contributed by atoms with Crippen molar-refractivity contribution in [2.24, 2.45) is 0 Å². The van der Waals surface area contributed by atoms with E-state index in [-0.39, 0.29) is 6.03 Å². The van der Waals surface area contributed by atoms with Gasteiger partial charge in [0.1, 0.15) is 0 Å². The van der Waals surface area contributed by atoms with Crippen molar-refractivity contribution in [3.8, 4) is 11.5 Å². The van der Waals surface area contributed by atoms with Crippen LogP contribution < -0.4 is 19.7 Å². The fourth-order valence-corrected chi connectivity index (χ4v) is 1.50. The van der Waals surface area contributed by atoms with E-state index < -0.39 is 0 Å². The third kappa shape index (κ3) is 3.29. The number of hydrogen-bond acceptors (Lipinski definition) is 3. The fourth-order valence-electron chi connectivity index (χ4n) is 1.50. The quantitative estimate of drug-likeness (QED) is 0.874. The maximum absolute atomic E-state index is 11.8. The van der Waals surface area contributed by atoms with Crippen molar-refractivity contribution in [2.75, 3.05) is 32.7 Å². The Kier molecular flexibility index (Phi) is 5.30. The molecule has 0 aromatic heterocycles. The van der Waals surface area contributed by atoms with Crippen LogP contribution in [0.1, 0.15) is 13.3 Å². The highest BCUT2D eigenvalue weighted by Crippen LogP contribution is 2.31. The van der Waals surface area contributed by atoms with Gasteiger partial charge < -0.3 is 14.8 Å². The number of nitrogens with zero attached hydrogens (tertiary/aromatic N) is 1. The van der Waals surface area contributed by atoms with E-state index in [0.717, 1.165) is 12.1 Å². The van der Waals surface area contributed by atoms with Crippen LogP contribution in [-0.2, 0) is 0 Å². The summed E-state index contributed by atoms with van der Waals surface area (Å²) < 4.78 is 10.4. The average Bonchev–Trinajstić information content (AvgIpc) is 2.42. The molecule has 1 N–H and O–H groups in total. The molecule has 0 unspecified atom stereocenters. The molecule has 0 bridgehead atoms. The van der Waals surface area contributed by atoms with E-state index in [1.807, 2.05) is 13.0 Å². The van der Waals surface area contributed by atoms with Gasteiger partial charge in [0, 0.05) is 25.3 Å². The number of carbonyl (C=O) groups is 1. The van der Waals surface area contributed by atoms with Gasteiger partial charge in [0.05, 0.1) is 14.2 Å². The third-order valence-electron chi connectivity index (χ3n) is 2.59. The van der Waals surface area contributed by atoms with Gasteiger partial charge in [-0.25, -0.2) is 4.79 Å². The molecule has 1 aromatic carbocycles. The maximum atomic E-state index is 11.8. The predicted octanol–water partition coefficient (Wildman–Crippen LogP) is 2.26. The first kappa shape index (κ1) is 14.2. The number of ether oxygens (including phenoxy) is 2. The summed E-state index contributed by atoms with van der Waals surface area (Å²) in [6.45, 7) is 2.67. The van der Waals surface area contributed by atoms with Crippen LogP contribution in [0.5, 0.6) is 11.5 Å². The smallest absolute Gasteiger partial charge is 0.321 e. The predicted molar refractivity (Wildman–Crippen MR) is 71.6 cm³/mol. The van der Waals surface area contributed by atoms with Crippen molar-refractivity contribution >= 4 is 11.7 Å². The van der Waals surface area contributed by atoms with Crippen LogP contribution in [0, 0.1) is 0 Å². The second kappa shape index (κ2) is 6.74. The van der Waals surface area contributed by atoms with Gasteiger partial charge in [-0.2, -0.15) is 0 Å². The average molecular weight is 252 g/mol. The second-order valence-electron chi connectivity index (χ2n) is 3.83. The first-order chi connectivity index (χ1) is 8.63. The van der Waals surface area contributed by atoms with Crippen LogP contribution in [-0.4, -0.2) is 33.8 Å². The highest BCUT2D eigenvalue weighted by atomic mass is 16.5. The molecule has 0 heterocycles. The number of rotatable bonds is 5. The number of amides is 2. The number of urea groups is 1. The summed E-state index contributed by atoms with van der Waals surface area (Å²) in [5.41, 5.74) is 0.751. The Balaban J connectivity index is 2.85. The van der Waals surface area contributed by atoms with E-state index >= 15 is 0 Å². The summed E-state index contributed by atoms with van der Waals surface area (Å²) in [6.07, 6.45) is 0.908. The van der Waals surface area contributed by atoms with Crippen LogP contribution in [0.4, 0.5) is 10.5 Å². The van der Waals surface area contributed by atoms with Crippen LogP contribution in [0.3, 0.4) is 0 Å². The van der Waals surface area contributed by atoms with Gasteiger partial charge in [0.2, 0.25) is 0 Å². The molecular weight excluding hydrogens is 232 g/mol. The Morgan fingerprint density at radius 2 is 1.94 bits per heavy atom. The Morgan fingerprint density at radius 1 is 1.28 bits per heavy atom. The summed E-state index contributed by atoms with van der Waals surface area (Å²) >= 11 is 0. The molecule has 1 rings (SSSR count). The van der Waals surface area contributed by atoms with Gasteiger partial charge in [-0.15, -0.1) is 0 Å². The number of benzene rings is 1. The van der Waals surface area contributed by atoms with E-state index in [0.29, 0.717) is 18.0 Å². The van der Waals surface area contributed by atoms with Gasteiger partial charge in [-0.3, -0.25) is 4.90 Å². The van der Waals surface area contributed by atoms with E-state index in [1.165, 1.54) is 4.90 Å². The van der Waals surface area contributed by atoms with Crippen molar-refractivity contribution < 1.29 is 14.3 Å². The molecule has 1 aromatic rings. The Morgan fingerprint density at radius 3 is 2.50 bits per heavy atom. The molecule has 5 nitrogen and oxygen atoms in total. The molecule has 0 aliphatic heterocycles. The molecular formula is C13H20N2O3. The van der Waals surface area contributed by atoms with Crippen molar-refractivity contribution in [1.29, 1.82) is 0 Å². The summed E-state index contributed by atoms with van der Waals surface area (Å²) in [5.74, 6) is 1.24. The van der Waals surface area contributed by atoms with E-state index in [1.54, 1.807) is 33.4 Å². The summed E-state index contributed by atoms with van der Waals surface area (Å²) in [5, 5.41) is 2.81. The van der Waals surface area contributed by atoms with Crippen LogP contribution in [0.15, 0.2) is 18.2 Å². The first-order valence-corrected chi connectivity index (χ1v) is 5.87. The lowest BCUT2D eigenvalue weighted by atomic mass is 10.2. The van der Waals surface area contributed by atoms with Crippen molar-refractivity contribution in [3.63, 3.8) is 0 Å². The molecule has 0 atom stereocenters. The molecule has 0 saturated heterocycles. The first-order valence-electron chi connectivity index (χ1n) is 5.87. The van der Waals surface area contributed by atoms with Gasteiger partial charge in [0.15, 0.2) is 11.5 Å². The largest absolute Gasteiger partial charge is 0.493 e. The lowest BCUT2D eigenvalue weighted by Crippen LogP contribution is -2.37. The molecule has 5 heteroatoms. The molecule has 2 amide bonds. The van der Waals surface area contributed by atoms with Crippen molar-refractivity contribution in [1.82, 2.24) is 5.32 Å². The number of anilines is 1. The van der Waals surface area contributed by atoms with Crippen molar-refractivity contribution in [2.45, 2.75) is 13.3 Å². The lowest BCUT2D eigenvalue weighted by Gasteiger charge is -2.19. The Hall–Kier alpha value is -1.91. The van der Waals surface area contributed by atoms with E-state index in [4.69, 9.17) is 9.47 Å². The standard InChI is InChI=1S/C13H20N2O3/c1-5-8-14-13(16)15(2)10-6-7-11(17-3)12(9-10)18-4/h6-7,9H,5,8H2,1-4H3,(H,14,16). The monoisotopic (exact) mass is 252 g/mol.